The smallest absolute Gasteiger partial charge is 0.410 e. The molecule has 0 aliphatic heterocycles. The zero-order valence-corrected chi connectivity index (χ0v) is 37.7. The number of hydrogen-bond acceptors (Lipinski definition) is 14. The van der Waals surface area contributed by atoms with E-state index in [1.807, 2.05) is 19.1 Å². The van der Waals surface area contributed by atoms with Crippen LogP contribution < -0.4 is 42.2 Å². The number of carbonyl (C=O) groups is 5. The molecule has 0 aliphatic carbocycles. The van der Waals surface area contributed by atoms with Crippen molar-refractivity contribution >= 4 is 52.5 Å². The second-order valence-corrected chi connectivity index (χ2v) is 15.7. The first kappa shape index (κ1) is 49.3. The van der Waals surface area contributed by atoms with Crippen molar-refractivity contribution in [1.29, 1.82) is 0 Å². The number of aromatic hydroxyl groups is 1. The van der Waals surface area contributed by atoms with E-state index in [0.717, 1.165) is 24.0 Å². The molecule has 21 nitrogen and oxygen atoms in total. The highest BCUT2D eigenvalue weighted by atomic mass is 16.6. The van der Waals surface area contributed by atoms with Gasteiger partial charge in [-0.25, -0.2) is 14.6 Å². The molecule has 3 aromatic heterocycles. The summed E-state index contributed by atoms with van der Waals surface area (Å²) in [7, 11) is 1.62. The standard InChI is InChI=1S/C45H58N12O9/c1-6-8-22-64-43-54-38(46)37-39(55-43)57(44(62)53-37)25-30-15-20-35(49-23-30)66-32-18-13-28(14-19-32)24-56(5)45(63)65-26-29-11-16-31(17-12-29)50-40(59)33(10-9-21-48-42(47)61)51-41(60)36(27(3)4)52-34(58)7-2/h11-20,23,27,33,36H,6-10,21-22,24-26H2,1-5H3,(H,50,59)(H,51,60)(H,52,58)(H,53,62)(H2,46,54,55)(H3,47,48,61)/t33-,36?/m0/s1. The summed E-state index contributed by atoms with van der Waals surface area (Å²) in [6.45, 7) is 8.36. The maximum absolute atomic E-state index is 13.4. The Hall–Kier alpha value is -7.71. The number of nitrogens with one attached hydrogen (secondary N) is 4. The van der Waals surface area contributed by atoms with Crippen molar-refractivity contribution in [2.45, 2.75) is 91.6 Å². The van der Waals surface area contributed by atoms with Crippen molar-refractivity contribution in [2.75, 3.05) is 31.2 Å². The van der Waals surface area contributed by atoms with Gasteiger partial charge in [0.05, 0.1) is 13.2 Å². The number of carbonyl (C=O) groups excluding carboxylic acids is 5. The van der Waals surface area contributed by atoms with Crippen LogP contribution in [0, 0.1) is 5.92 Å². The first-order valence-corrected chi connectivity index (χ1v) is 21.6. The van der Waals surface area contributed by atoms with E-state index in [0.29, 0.717) is 41.6 Å². The molecule has 352 valence electrons. The molecule has 2 aromatic carbocycles. The van der Waals surface area contributed by atoms with Crippen LogP contribution in [0.5, 0.6) is 23.7 Å². The number of benzene rings is 2. The molecule has 66 heavy (non-hydrogen) atoms. The van der Waals surface area contributed by atoms with Crippen molar-refractivity contribution in [1.82, 2.24) is 45.4 Å². The normalized spacial score (nSPS) is 11.9. The van der Waals surface area contributed by atoms with Crippen molar-refractivity contribution < 1.29 is 43.3 Å². The highest BCUT2D eigenvalue weighted by Gasteiger charge is 2.29. The quantitative estimate of drug-likeness (QED) is 0.0437. The van der Waals surface area contributed by atoms with Crippen LogP contribution in [0.4, 0.5) is 21.1 Å². The number of urea groups is 1. The first-order chi connectivity index (χ1) is 31.6. The van der Waals surface area contributed by atoms with Crippen LogP contribution in [0.2, 0.25) is 0 Å². The minimum absolute atomic E-state index is 0.0281. The minimum Gasteiger partial charge on any atom is -0.480 e. The number of imidazole rings is 1. The summed E-state index contributed by atoms with van der Waals surface area (Å²) in [6, 6.07) is 14.7. The number of anilines is 2. The Morgan fingerprint density at radius 3 is 2.24 bits per heavy atom. The molecule has 0 aliphatic rings. The van der Waals surface area contributed by atoms with Crippen molar-refractivity contribution in [3.63, 3.8) is 0 Å². The summed E-state index contributed by atoms with van der Waals surface area (Å²) in [4.78, 5) is 81.2. The Labute approximate surface area is 382 Å². The molecule has 21 heteroatoms. The Kier molecular flexibility index (Phi) is 17.8. The largest absolute Gasteiger partial charge is 0.480 e. The molecule has 3 heterocycles. The van der Waals surface area contributed by atoms with Crippen molar-refractivity contribution in [3.05, 3.63) is 83.6 Å². The predicted molar refractivity (Wildman–Crippen MR) is 244 cm³/mol. The number of hydrogen-bond donors (Lipinski definition) is 7. The molecule has 5 aromatic rings. The topological polar surface area (TPSA) is 293 Å². The van der Waals surface area contributed by atoms with Crippen LogP contribution in [-0.2, 0) is 38.8 Å². The number of nitrogen functional groups attached to an aromatic ring is 1. The van der Waals surface area contributed by atoms with Gasteiger partial charge in [0.1, 0.15) is 24.4 Å². The number of unbranched alkanes of at least 4 members (excludes halogenated alkanes) is 1. The van der Waals surface area contributed by atoms with Gasteiger partial charge in [0.25, 0.3) is 6.01 Å². The van der Waals surface area contributed by atoms with E-state index in [2.05, 4.69) is 41.2 Å². The maximum atomic E-state index is 13.4. The number of rotatable bonds is 23. The van der Waals surface area contributed by atoms with Gasteiger partial charge in [0.15, 0.2) is 17.0 Å². The fourth-order valence-corrected chi connectivity index (χ4v) is 6.40. The molecule has 2 atom stereocenters. The lowest BCUT2D eigenvalue weighted by Gasteiger charge is -2.25. The van der Waals surface area contributed by atoms with Crippen LogP contribution in [0.15, 0.2) is 66.9 Å². The summed E-state index contributed by atoms with van der Waals surface area (Å²) in [5.41, 5.74) is 14.5. The third-order valence-corrected chi connectivity index (χ3v) is 10.1. The molecular weight excluding hydrogens is 853 g/mol. The molecule has 0 radical (unpaired) electrons. The Bertz CT molecular complexity index is 2430. The molecule has 6 amide bonds. The van der Waals surface area contributed by atoms with E-state index in [-0.39, 0.29) is 74.3 Å². The number of pyridine rings is 1. The zero-order chi connectivity index (χ0) is 47.8. The van der Waals surface area contributed by atoms with Gasteiger partial charge in [0.2, 0.25) is 23.6 Å². The van der Waals surface area contributed by atoms with Crippen LogP contribution in [0.1, 0.15) is 76.5 Å². The van der Waals surface area contributed by atoms with E-state index in [4.69, 9.17) is 25.7 Å². The van der Waals surface area contributed by atoms with E-state index in [1.54, 1.807) is 82.5 Å². The van der Waals surface area contributed by atoms with E-state index in [1.165, 1.54) is 9.47 Å². The zero-order valence-electron chi connectivity index (χ0n) is 37.7. The van der Waals surface area contributed by atoms with Crippen LogP contribution in [-0.4, -0.2) is 96.6 Å². The Balaban J connectivity index is 1.09. The Morgan fingerprint density at radius 1 is 0.879 bits per heavy atom. The second-order valence-electron chi connectivity index (χ2n) is 15.7. The van der Waals surface area contributed by atoms with Gasteiger partial charge in [-0.15, -0.1) is 0 Å². The maximum Gasteiger partial charge on any atom is 0.410 e. The number of primary amides is 1. The van der Waals surface area contributed by atoms with Crippen LogP contribution in [0.3, 0.4) is 0 Å². The second kappa shape index (κ2) is 23.8. The predicted octanol–water partition coefficient (Wildman–Crippen LogP) is 4.72. The number of ether oxygens (including phenoxy) is 3. The van der Waals surface area contributed by atoms with Gasteiger partial charge in [-0.1, -0.05) is 64.4 Å². The molecule has 0 saturated carbocycles. The van der Waals surface area contributed by atoms with Gasteiger partial charge in [0, 0.05) is 44.5 Å². The summed E-state index contributed by atoms with van der Waals surface area (Å²) in [5, 5.41) is 21.3. The Morgan fingerprint density at radius 2 is 1.59 bits per heavy atom. The highest BCUT2D eigenvalue weighted by Crippen LogP contribution is 2.27. The number of nitrogens with zero attached hydrogens (tertiary/aromatic N) is 6. The number of nitrogens with two attached hydrogens (primary N) is 2. The molecule has 9 N–H and O–H groups in total. The van der Waals surface area contributed by atoms with Crippen LogP contribution in [0.25, 0.3) is 11.2 Å². The molecule has 0 spiro atoms. The van der Waals surface area contributed by atoms with E-state index >= 15 is 0 Å². The van der Waals surface area contributed by atoms with Crippen molar-refractivity contribution in [2.24, 2.45) is 11.7 Å². The summed E-state index contributed by atoms with van der Waals surface area (Å²) in [5.74, 6) is -0.566. The fourth-order valence-electron chi connectivity index (χ4n) is 6.40. The molecule has 5 rings (SSSR count). The molecule has 0 fully saturated rings. The summed E-state index contributed by atoms with van der Waals surface area (Å²) < 4.78 is 18.6. The monoisotopic (exact) mass is 910 g/mol. The van der Waals surface area contributed by atoms with Gasteiger partial charge in [-0.05, 0) is 66.1 Å². The highest BCUT2D eigenvalue weighted by molar-refractivity contribution is 5.98. The lowest BCUT2D eigenvalue weighted by Crippen LogP contribution is -2.54. The van der Waals surface area contributed by atoms with Gasteiger partial charge in [-0.2, -0.15) is 15.0 Å². The number of aromatic nitrogens is 5. The molecule has 0 bridgehead atoms. The van der Waals surface area contributed by atoms with Crippen LogP contribution >= 0.6 is 0 Å². The average Bonchev–Trinajstić information content (AvgIpc) is 3.61. The SMILES string of the molecule is CCCCOc1nc(N)c2nc(O)n(Cc3ccc(Oc4ccc(CN(C)C(=O)OCc5ccc(NC(=O)[C@H](CCCNC(N)=O)NC(=O)C(NC(=O)CC)C(C)C)cc5)cc4)nc3)c2n1. The fraction of sp³-hybridized carbons (Fsp3) is 0.400. The molecule has 1 unspecified atom stereocenters. The summed E-state index contributed by atoms with van der Waals surface area (Å²) in [6.07, 6.45) is 3.56. The minimum atomic E-state index is -0.982. The number of fused-ring (bicyclic) bond motifs is 1. The molecular formula is C45H58N12O9. The van der Waals surface area contributed by atoms with Gasteiger partial charge < -0.3 is 57.0 Å². The first-order valence-electron chi connectivity index (χ1n) is 21.6. The van der Waals surface area contributed by atoms with Crippen molar-refractivity contribution in [3.8, 4) is 23.7 Å². The lowest BCUT2D eigenvalue weighted by molar-refractivity contribution is -0.132. The average molecular weight is 911 g/mol. The van der Waals surface area contributed by atoms with E-state index in [9.17, 15) is 29.1 Å². The third-order valence-electron chi connectivity index (χ3n) is 10.1. The van der Waals surface area contributed by atoms with E-state index < -0.39 is 36.0 Å². The molecule has 0 saturated heterocycles. The third kappa shape index (κ3) is 14.4. The lowest BCUT2D eigenvalue weighted by atomic mass is 10.0. The van der Waals surface area contributed by atoms with Gasteiger partial charge >= 0.3 is 18.1 Å². The number of amides is 6. The summed E-state index contributed by atoms with van der Waals surface area (Å²) >= 11 is 0. The van der Waals surface area contributed by atoms with Gasteiger partial charge in [-0.3, -0.25) is 19.0 Å².